The topological polar surface area (TPSA) is 58.9 Å². The summed E-state index contributed by atoms with van der Waals surface area (Å²) < 4.78 is 0. The molecule has 0 atom stereocenters. The minimum absolute atomic E-state index is 0.440. The third-order valence-corrected chi connectivity index (χ3v) is 3.27. The highest BCUT2D eigenvalue weighted by Crippen LogP contribution is 2.34. The van der Waals surface area contributed by atoms with Gasteiger partial charge in [-0.05, 0) is 11.1 Å². The van der Waals surface area contributed by atoms with Crippen LogP contribution in [0.1, 0.15) is 10.5 Å². The van der Waals surface area contributed by atoms with Crippen molar-refractivity contribution in [2.24, 2.45) is 5.73 Å². The van der Waals surface area contributed by atoms with Crippen molar-refractivity contribution in [2.75, 3.05) is 0 Å². The van der Waals surface area contributed by atoms with Crippen molar-refractivity contribution in [3.8, 4) is 22.3 Å². The number of hydrogen-bond donors (Lipinski definition) is 2. The molecule has 0 bridgehead atoms. The fourth-order valence-corrected chi connectivity index (χ4v) is 2.37. The lowest BCUT2D eigenvalue weighted by Crippen LogP contribution is -2.12. The number of amides is 1. The molecule has 1 heterocycles. The molecule has 3 rings (SSSR count). The standard InChI is InChI=1S/C17H14N2O/c18-17(20)16-15(13-9-5-2-6-10-13)14(11-19-16)12-7-3-1-4-8-12/h1-11,19H,(H2,18,20). The van der Waals surface area contributed by atoms with Gasteiger partial charge in [-0.2, -0.15) is 0 Å². The molecular weight excluding hydrogens is 248 g/mol. The highest BCUT2D eigenvalue weighted by atomic mass is 16.1. The molecule has 3 N–H and O–H groups in total. The van der Waals surface area contributed by atoms with Gasteiger partial charge in [0.25, 0.3) is 5.91 Å². The summed E-state index contributed by atoms with van der Waals surface area (Å²) in [7, 11) is 0. The first-order chi connectivity index (χ1) is 9.77. The van der Waals surface area contributed by atoms with E-state index in [-0.39, 0.29) is 0 Å². The van der Waals surface area contributed by atoms with Crippen molar-refractivity contribution >= 4 is 5.91 Å². The Balaban J connectivity index is 2.25. The normalized spacial score (nSPS) is 10.4. The maximum absolute atomic E-state index is 11.6. The molecule has 0 radical (unpaired) electrons. The monoisotopic (exact) mass is 262 g/mol. The van der Waals surface area contributed by atoms with Crippen molar-refractivity contribution < 1.29 is 4.79 Å². The smallest absolute Gasteiger partial charge is 0.265 e. The van der Waals surface area contributed by atoms with Crippen LogP contribution in [0.4, 0.5) is 0 Å². The second kappa shape index (κ2) is 5.05. The Morgan fingerprint density at radius 3 is 1.95 bits per heavy atom. The van der Waals surface area contributed by atoms with E-state index < -0.39 is 5.91 Å². The van der Waals surface area contributed by atoms with E-state index in [0.717, 1.165) is 22.3 Å². The summed E-state index contributed by atoms with van der Waals surface area (Å²) in [6, 6.07) is 19.7. The Morgan fingerprint density at radius 2 is 1.40 bits per heavy atom. The van der Waals surface area contributed by atoms with Crippen LogP contribution in [-0.2, 0) is 0 Å². The molecule has 0 saturated heterocycles. The lowest BCUT2D eigenvalue weighted by atomic mass is 9.96. The average molecular weight is 262 g/mol. The van der Waals surface area contributed by atoms with Crippen LogP contribution < -0.4 is 5.73 Å². The number of rotatable bonds is 3. The molecule has 0 aliphatic carbocycles. The van der Waals surface area contributed by atoms with Crippen LogP contribution in [0.3, 0.4) is 0 Å². The molecule has 3 aromatic rings. The molecule has 0 fully saturated rings. The van der Waals surface area contributed by atoms with Gasteiger partial charge in [-0.25, -0.2) is 0 Å². The van der Waals surface area contributed by atoms with E-state index in [2.05, 4.69) is 4.98 Å². The summed E-state index contributed by atoms with van der Waals surface area (Å²) in [6.07, 6.45) is 1.83. The van der Waals surface area contributed by atoms with Gasteiger partial charge in [0, 0.05) is 17.3 Å². The molecule has 98 valence electrons. The lowest BCUT2D eigenvalue weighted by Gasteiger charge is -2.06. The Bertz CT molecular complexity index is 730. The van der Waals surface area contributed by atoms with Gasteiger partial charge in [0.15, 0.2) is 0 Å². The van der Waals surface area contributed by atoms with E-state index in [9.17, 15) is 4.79 Å². The first-order valence-corrected chi connectivity index (χ1v) is 6.39. The number of hydrogen-bond acceptors (Lipinski definition) is 1. The molecule has 1 amide bonds. The van der Waals surface area contributed by atoms with Crippen LogP contribution >= 0.6 is 0 Å². The zero-order chi connectivity index (χ0) is 13.9. The predicted molar refractivity (Wildman–Crippen MR) is 80.2 cm³/mol. The molecule has 3 nitrogen and oxygen atoms in total. The number of benzene rings is 2. The van der Waals surface area contributed by atoms with Gasteiger partial charge in [-0.1, -0.05) is 60.7 Å². The number of H-pyrrole nitrogens is 1. The Hall–Kier alpha value is -2.81. The largest absolute Gasteiger partial charge is 0.364 e. The van der Waals surface area contributed by atoms with Crippen molar-refractivity contribution in [3.63, 3.8) is 0 Å². The summed E-state index contributed by atoms with van der Waals surface area (Å²) in [5, 5.41) is 0. The lowest BCUT2D eigenvalue weighted by molar-refractivity contribution is 0.0997. The van der Waals surface area contributed by atoms with Gasteiger partial charge >= 0.3 is 0 Å². The number of nitrogens with one attached hydrogen (secondary N) is 1. The molecule has 0 saturated carbocycles. The van der Waals surface area contributed by atoms with Crippen molar-refractivity contribution in [2.45, 2.75) is 0 Å². The molecule has 3 heteroatoms. The minimum atomic E-state index is -0.453. The van der Waals surface area contributed by atoms with E-state index in [0.29, 0.717) is 5.69 Å². The maximum atomic E-state index is 11.6. The van der Waals surface area contributed by atoms with Gasteiger partial charge < -0.3 is 10.7 Å². The third kappa shape index (κ3) is 2.10. The maximum Gasteiger partial charge on any atom is 0.265 e. The molecule has 0 unspecified atom stereocenters. The zero-order valence-corrected chi connectivity index (χ0v) is 10.8. The van der Waals surface area contributed by atoms with Crippen LogP contribution in [0.15, 0.2) is 66.9 Å². The van der Waals surface area contributed by atoms with E-state index in [1.54, 1.807) is 0 Å². The second-order valence-electron chi connectivity index (χ2n) is 4.55. The van der Waals surface area contributed by atoms with Crippen LogP contribution in [-0.4, -0.2) is 10.9 Å². The minimum Gasteiger partial charge on any atom is -0.364 e. The molecule has 0 aliphatic heterocycles. The summed E-state index contributed by atoms with van der Waals surface area (Å²) in [5.74, 6) is -0.453. The van der Waals surface area contributed by atoms with E-state index in [4.69, 9.17) is 5.73 Å². The molecule has 0 aliphatic rings. The summed E-state index contributed by atoms with van der Waals surface area (Å²) in [6.45, 7) is 0. The van der Waals surface area contributed by atoms with E-state index in [1.165, 1.54) is 0 Å². The fourth-order valence-electron chi connectivity index (χ4n) is 2.37. The number of primary amides is 1. The van der Waals surface area contributed by atoms with Crippen molar-refractivity contribution in [1.29, 1.82) is 0 Å². The SMILES string of the molecule is NC(=O)c1[nH]cc(-c2ccccc2)c1-c1ccccc1. The Morgan fingerprint density at radius 1 is 0.850 bits per heavy atom. The first kappa shape index (κ1) is 12.2. The predicted octanol–water partition coefficient (Wildman–Crippen LogP) is 3.45. The summed E-state index contributed by atoms with van der Waals surface area (Å²) in [4.78, 5) is 14.6. The van der Waals surface area contributed by atoms with Gasteiger partial charge in [0.2, 0.25) is 0 Å². The quantitative estimate of drug-likeness (QED) is 0.746. The zero-order valence-electron chi connectivity index (χ0n) is 10.8. The van der Waals surface area contributed by atoms with Crippen LogP contribution in [0, 0.1) is 0 Å². The van der Waals surface area contributed by atoms with Gasteiger partial charge in [0.05, 0.1) is 0 Å². The van der Waals surface area contributed by atoms with Gasteiger partial charge in [-0.3, -0.25) is 4.79 Å². The van der Waals surface area contributed by atoms with Gasteiger partial charge in [0.1, 0.15) is 5.69 Å². The van der Waals surface area contributed by atoms with Gasteiger partial charge in [-0.15, -0.1) is 0 Å². The highest BCUT2D eigenvalue weighted by molar-refractivity contribution is 6.02. The number of nitrogens with two attached hydrogens (primary N) is 1. The fraction of sp³-hybridized carbons (Fsp3) is 0. The summed E-state index contributed by atoms with van der Waals surface area (Å²) in [5.41, 5.74) is 9.77. The van der Waals surface area contributed by atoms with Crippen LogP contribution in [0.25, 0.3) is 22.3 Å². The second-order valence-corrected chi connectivity index (χ2v) is 4.55. The van der Waals surface area contributed by atoms with Crippen molar-refractivity contribution in [3.05, 3.63) is 72.6 Å². The molecule has 2 aromatic carbocycles. The van der Waals surface area contributed by atoms with E-state index in [1.807, 2.05) is 66.9 Å². The van der Waals surface area contributed by atoms with Crippen LogP contribution in [0.2, 0.25) is 0 Å². The number of carbonyl (C=O) groups excluding carboxylic acids is 1. The molecular formula is C17H14N2O. The Labute approximate surface area is 117 Å². The number of aromatic amines is 1. The Kier molecular flexibility index (Phi) is 3.09. The molecule has 20 heavy (non-hydrogen) atoms. The van der Waals surface area contributed by atoms with Crippen LogP contribution in [0.5, 0.6) is 0 Å². The van der Waals surface area contributed by atoms with E-state index >= 15 is 0 Å². The number of aromatic nitrogens is 1. The molecule has 1 aromatic heterocycles. The third-order valence-electron chi connectivity index (χ3n) is 3.27. The average Bonchev–Trinajstić information content (AvgIpc) is 2.94. The summed E-state index contributed by atoms with van der Waals surface area (Å²) >= 11 is 0. The highest BCUT2D eigenvalue weighted by Gasteiger charge is 2.17. The first-order valence-electron chi connectivity index (χ1n) is 6.39. The number of carbonyl (C=O) groups is 1. The molecule has 0 spiro atoms. The van der Waals surface area contributed by atoms with Crippen molar-refractivity contribution in [1.82, 2.24) is 4.98 Å².